The summed E-state index contributed by atoms with van der Waals surface area (Å²) >= 11 is 0. The van der Waals surface area contributed by atoms with Crippen molar-refractivity contribution in [2.45, 2.75) is 114 Å². The average molecular weight is 773 g/mol. The van der Waals surface area contributed by atoms with E-state index >= 15 is 0 Å². The van der Waals surface area contributed by atoms with Crippen molar-refractivity contribution >= 4 is 41.6 Å². The number of fused-ring (bicyclic) bond motifs is 1. The number of likely N-dealkylation sites (tertiary alicyclic amines) is 1. The Morgan fingerprint density at radius 3 is 2.16 bits per heavy atom. The summed E-state index contributed by atoms with van der Waals surface area (Å²) in [5, 5.41) is 20.9. The van der Waals surface area contributed by atoms with Gasteiger partial charge in [0.05, 0.1) is 0 Å². The van der Waals surface area contributed by atoms with Gasteiger partial charge >= 0.3 is 12.1 Å². The zero-order chi connectivity index (χ0) is 40.4. The number of aliphatic carboxylic acids is 1. The van der Waals surface area contributed by atoms with Crippen molar-refractivity contribution in [3.63, 3.8) is 0 Å². The summed E-state index contributed by atoms with van der Waals surface area (Å²) in [6, 6.07) is 11.5. The highest BCUT2D eigenvalue weighted by Crippen LogP contribution is 2.22. The summed E-state index contributed by atoms with van der Waals surface area (Å²) in [4.78, 5) is 97.8. The van der Waals surface area contributed by atoms with Crippen LogP contribution < -0.4 is 21.3 Å². The lowest BCUT2D eigenvalue weighted by Gasteiger charge is -2.31. The fourth-order valence-electron chi connectivity index (χ4n) is 7.28. The van der Waals surface area contributed by atoms with Crippen LogP contribution in [-0.2, 0) is 46.3 Å². The molecule has 56 heavy (non-hydrogen) atoms. The number of carboxylic acid groups (broad SMARTS) is 1. The Hall–Kier alpha value is -5.73. The smallest absolute Gasteiger partial charge is 0.408 e. The fourth-order valence-corrected chi connectivity index (χ4v) is 7.28. The maximum atomic E-state index is 14.3. The first-order valence-electron chi connectivity index (χ1n) is 19.2. The maximum Gasteiger partial charge on any atom is 0.408 e. The number of hydrogen-bond acceptors (Lipinski definition) is 8. The molecular weight excluding hydrogens is 720 g/mol. The van der Waals surface area contributed by atoms with Gasteiger partial charge in [0.2, 0.25) is 29.5 Å². The molecule has 3 aliphatic heterocycles. The maximum absolute atomic E-state index is 14.3. The van der Waals surface area contributed by atoms with Crippen LogP contribution in [-0.4, -0.2) is 111 Å². The lowest BCUT2D eigenvalue weighted by atomic mass is 10.0. The third-order valence-electron chi connectivity index (χ3n) is 10.0. The van der Waals surface area contributed by atoms with Crippen molar-refractivity contribution in [2.75, 3.05) is 13.1 Å². The van der Waals surface area contributed by atoms with Gasteiger partial charge in [-0.2, -0.15) is 0 Å². The van der Waals surface area contributed by atoms with Crippen LogP contribution in [0, 0.1) is 0 Å². The summed E-state index contributed by atoms with van der Waals surface area (Å²) in [5.41, 5.74) is 0.662. The van der Waals surface area contributed by atoms with Crippen molar-refractivity contribution in [2.24, 2.45) is 0 Å². The third-order valence-corrected chi connectivity index (χ3v) is 10.0. The Morgan fingerprint density at radius 2 is 1.50 bits per heavy atom. The minimum Gasteiger partial charge on any atom is -0.480 e. The molecule has 6 atom stereocenters. The number of nitrogens with one attached hydrogen (secondary N) is 4. The minimum absolute atomic E-state index is 0.0487. The predicted molar refractivity (Wildman–Crippen MR) is 205 cm³/mol. The van der Waals surface area contributed by atoms with Gasteiger partial charge < -0.3 is 40.9 Å². The van der Waals surface area contributed by atoms with E-state index in [1.165, 1.54) is 9.80 Å². The van der Waals surface area contributed by atoms with Crippen LogP contribution in [0.2, 0.25) is 0 Å². The van der Waals surface area contributed by atoms with E-state index < -0.39 is 83.5 Å². The van der Waals surface area contributed by atoms with E-state index in [1.54, 1.807) is 69.3 Å². The van der Waals surface area contributed by atoms with Crippen molar-refractivity contribution < 1.29 is 43.4 Å². The predicted octanol–water partition coefficient (Wildman–Crippen LogP) is 2.24. The Labute approximate surface area is 326 Å². The van der Waals surface area contributed by atoms with E-state index in [4.69, 9.17) is 4.74 Å². The second-order valence-corrected chi connectivity index (χ2v) is 15.4. The molecule has 15 nitrogen and oxygen atoms in total. The summed E-state index contributed by atoms with van der Waals surface area (Å²) in [5.74, 6) is -4.08. The number of carbonyl (C=O) groups excluding carboxylic acids is 6. The van der Waals surface area contributed by atoms with Crippen molar-refractivity contribution in [1.29, 1.82) is 0 Å². The lowest BCUT2D eigenvalue weighted by molar-refractivity contribution is -0.149. The summed E-state index contributed by atoms with van der Waals surface area (Å²) in [6.45, 7) is 5.54. The molecule has 0 radical (unpaired) electrons. The highest BCUT2D eigenvalue weighted by Gasteiger charge is 2.41. The van der Waals surface area contributed by atoms with Crippen LogP contribution in [0.1, 0.15) is 70.4 Å². The van der Waals surface area contributed by atoms with Gasteiger partial charge in [-0.1, -0.05) is 72.8 Å². The molecule has 300 valence electrons. The first-order chi connectivity index (χ1) is 26.7. The van der Waals surface area contributed by atoms with E-state index in [1.807, 2.05) is 24.3 Å². The second kappa shape index (κ2) is 18.7. The zero-order valence-corrected chi connectivity index (χ0v) is 32.1. The number of hydrogen-bond donors (Lipinski definition) is 5. The quantitative estimate of drug-likeness (QED) is 0.237. The molecule has 6 amide bonds. The first kappa shape index (κ1) is 41.4. The molecule has 2 fully saturated rings. The topological polar surface area (TPSA) is 204 Å². The van der Waals surface area contributed by atoms with E-state index in [0.717, 1.165) is 11.1 Å². The third kappa shape index (κ3) is 11.2. The van der Waals surface area contributed by atoms with Gasteiger partial charge in [0.1, 0.15) is 41.9 Å². The summed E-state index contributed by atoms with van der Waals surface area (Å²) in [6.07, 6.45) is 4.07. The number of nitrogens with zero attached hydrogens (tertiary/aromatic N) is 2. The second-order valence-electron chi connectivity index (χ2n) is 15.4. The van der Waals surface area contributed by atoms with Crippen LogP contribution in [0.25, 0.3) is 0 Å². The van der Waals surface area contributed by atoms with E-state index in [-0.39, 0.29) is 45.2 Å². The van der Waals surface area contributed by atoms with Crippen LogP contribution in [0.15, 0.2) is 72.8 Å². The van der Waals surface area contributed by atoms with Gasteiger partial charge in [-0.25, -0.2) is 9.59 Å². The largest absolute Gasteiger partial charge is 0.480 e. The van der Waals surface area contributed by atoms with E-state index in [9.17, 15) is 38.7 Å². The van der Waals surface area contributed by atoms with Crippen molar-refractivity contribution in [1.82, 2.24) is 31.1 Å². The molecule has 0 spiro atoms. The van der Waals surface area contributed by atoms with Crippen LogP contribution >= 0.6 is 0 Å². The molecule has 5 N–H and O–H groups in total. The molecule has 5 rings (SSSR count). The van der Waals surface area contributed by atoms with E-state index in [2.05, 4.69) is 21.3 Å². The molecule has 2 aromatic rings. The number of carbonyl (C=O) groups is 7. The Morgan fingerprint density at radius 1 is 0.857 bits per heavy atom. The number of ether oxygens (including phenoxy) is 1. The highest BCUT2D eigenvalue weighted by atomic mass is 16.6. The fraction of sp³-hybridized carbons (Fsp3) is 0.488. The van der Waals surface area contributed by atoms with Crippen LogP contribution in [0.4, 0.5) is 4.79 Å². The first-order valence-corrected chi connectivity index (χ1v) is 19.2. The average Bonchev–Trinajstić information content (AvgIpc) is 3.85. The molecule has 2 aromatic carbocycles. The van der Waals surface area contributed by atoms with Gasteiger partial charge in [-0.3, -0.25) is 24.0 Å². The molecule has 0 aromatic heterocycles. The van der Waals surface area contributed by atoms with Crippen molar-refractivity contribution in [3.8, 4) is 0 Å². The molecule has 3 aliphatic rings. The Balaban J connectivity index is 1.45. The van der Waals surface area contributed by atoms with Gasteiger partial charge in [0.15, 0.2) is 0 Å². The normalized spacial score (nSPS) is 24.5. The number of alkyl carbamates (subject to hydrolysis) is 1. The molecule has 2 saturated heterocycles. The summed E-state index contributed by atoms with van der Waals surface area (Å²) < 4.78 is 5.44. The molecule has 0 saturated carbocycles. The van der Waals surface area contributed by atoms with Crippen LogP contribution in [0.5, 0.6) is 0 Å². The molecular formula is C41H52N6O9. The summed E-state index contributed by atoms with van der Waals surface area (Å²) in [7, 11) is 0. The number of amides is 6. The number of carboxylic acids is 1. The minimum atomic E-state index is -1.18. The van der Waals surface area contributed by atoms with Gasteiger partial charge in [0.25, 0.3) is 0 Å². The molecule has 0 unspecified atom stereocenters. The standard InChI is InChI=1S/C41H52N6O9/c1-41(2,3)56-40(55)45-31(25-27-16-8-5-9-17-27)35(49)43-28-18-10-11-19-29(38(52)47-23-13-21-33(47)39(53)54)42-34(48)30(24-26-14-6-4-7-15-26)44-36(50)32-20-12-22-46(32)37(28)51/h4-11,14-17,28-33H,12-13,18-25H2,1-3H3,(H,42,48)(H,43,49)(H,44,50)(H,45,55)(H,53,54)/b11-10+/t28-,29-,30+,31-,32-,33-/m0/s1. The molecule has 15 heteroatoms. The van der Waals surface area contributed by atoms with Gasteiger partial charge in [-0.15, -0.1) is 0 Å². The Kier molecular flexibility index (Phi) is 13.9. The highest BCUT2D eigenvalue weighted by molar-refractivity contribution is 5.97. The zero-order valence-electron chi connectivity index (χ0n) is 32.1. The van der Waals surface area contributed by atoms with Crippen LogP contribution in [0.3, 0.4) is 0 Å². The lowest BCUT2D eigenvalue weighted by Crippen LogP contribution is -2.59. The van der Waals surface area contributed by atoms with Crippen molar-refractivity contribution in [3.05, 3.63) is 83.9 Å². The number of benzene rings is 2. The molecule has 0 bridgehead atoms. The van der Waals surface area contributed by atoms with Gasteiger partial charge in [-0.05, 0) is 70.4 Å². The SMILES string of the molecule is CC(C)(C)OC(=O)N[C@@H](Cc1ccccc1)C(=O)N[C@H]1C/C=C/C[C@@H](C(=O)N2CCC[C@H]2C(=O)O)NC(=O)[C@@H](Cc2ccccc2)NC(=O)[C@@H]2CCCN2C1=O. The number of rotatable bonds is 9. The Bertz CT molecular complexity index is 1780. The van der Waals surface area contributed by atoms with Gasteiger partial charge in [0, 0.05) is 25.9 Å². The molecule has 3 heterocycles. The van der Waals surface area contributed by atoms with E-state index in [0.29, 0.717) is 19.3 Å². The monoisotopic (exact) mass is 772 g/mol. The molecule has 0 aliphatic carbocycles.